The number of ether oxygens (including phenoxy) is 2. The number of carbonyl (C=O) groups excluding carboxylic acids is 1. The second-order valence-corrected chi connectivity index (χ2v) is 4.79. The maximum Gasteiger partial charge on any atom is 0.268 e. The van der Waals surface area contributed by atoms with Crippen LogP contribution in [0.3, 0.4) is 0 Å². The molecule has 5 nitrogen and oxygen atoms in total. The number of hydrogen-bond acceptors (Lipinski definition) is 3. The number of carbonyl (C=O) groups is 1. The molecule has 1 heterocycles. The monoisotopic (exact) mass is 276 g/mol. The molecule has 0 unspecified atom stereocenters. The smallest absolute Gasteiger partial charge is 0.268 e. The van der Waals surface area contributed by atoms with Crippen molar-refractivity contribution in [3.63, 3.8) is 0 Å². The number of aryl methyl sites for hydroxylation is 2. The highest BCUT2D eigenvalue weighted by Gasteiger charge is 2.16. The molecule has 0 fully saturated rings. The van der Waals surface area contributed by atoms with E-state index in [0.717, 1.165) is 16.5 Å². The van der Waals surface area contributed by atoms with Crippen LogP contribution in [0.15, 0.2) is 18.2 Å². The van der Waals surface area contributed by atoms with Gasteiger partial charge in [-0.3, -0.25) is 4.79 Å². The molecule has 0 saturated carbocycles. The Morgan fingerprint density at radius 1 is 1.30 bits per heavy atom. The van der Waals surface area contributed by atoms with Crippen molar-refractivity contribution < 1.29 is 14.3 Å². The van der Waals surface area contributed by atoms with E-state index in [1.807, 2.05) is 26.0 Å². The topological polar surface area (TPSA) is 63.3 Å². The number of nitrogens with one attached hydrogen (secondary N) is 2. The SMILES string of the molecule is COC(CNC(=O)c1[nH]c2ccc(C)cc2c1C)OC. The molecule has 0 aliphatic rings. The summed E-state index contributed by atoms with van der Waals surface area (Å²) in [6, 6.07) is 6.08. The minimum atomic E-state index is -0.439. The van der Waals surface area contributed by atoms with Gasteiger partial charge in [-0.05, 0) is 31.5 Å². The summed E-state index contributed by atoms with van der Waals surface area (Å²) in [4.78, 5) is 15.4. The fraction of sp³-hybridized carbons (Fsp3) is 0.400. The van der Waals surface area contributed by atoms with Crippen molar-refractivity contribution in [2.45, 2.75) is 20.1 Å². The predicted octanol–water partition coefficient (Wildman–Crippen LogP) is 2.13. The number of fused-ring (bicyclic) bond motifs is 1. The average molecular weight is 276 g/mol. The molecule has 108 valence electrons. The van der Waals surface area contributed by atoms with Crippen molar-refractivity contribution in [2.75, 3.05) is 20.8 Å². The summed E-state index contributed by atoms with van der Waals surface area (Å²) in [6.07, 6.45) is -0.439. The summed E-state index contributed by atoms with van der Waals surface area (Å²) >= 11 is 0. The lowest BCUT2D eigenvalue weighted by Crippen LogP contribution is -2.34. The highest BCUT2D eigenvalue weighted by molar-refractivity contribution is 6.01. The molecule has 2 rings (SSSR count). The lowest BCUT2D eigenvalue weighted by atomic mass is 10.1. The maximum absolute atomic E-state index is 12.2. The molecule has 1 aromatic heterocycles. The Balaban J connectivity index is 2.20. The molecule has 0 bridgehead atoms. The lowest BCUT2D eigenvalue weighted by molar-refractivity contribution is -0.0974. The quantitative estimate of drug-likeness (QED) is 0.822. The van der Waals surface area contributed by atoms with Gasteiger partial charge in [-0.1, -0.05) is 11.6 Å². The number of H-pyrrole nitrogens is 1. The number of methoxy groups -OCH3 is 2. The van der Waals surface area contributed by atoms with Gasteiger partial charge in [-0.15, -0.1) is 0 Å². The number of amides is 1. The number of aromatic nitrogens is 1. The van der Waals surface area contributed by atoms with Crippen molar-refractivity contribution in [3.05, 3.63) is 35.0 Å². The highest BCUT2D eigenvalue weighted by Crippen LogP contribution is 2.22. The molecule has 0 spiro atoms. The zero-order valence-electron chi connectivity index (χ0n) is 12.2. The normalized spacial score (nSPS) is 11.2. The van der Waals surface area contributed by atoms with Gasteiger partial charge in [0.05, 0.1) is 6.54 Å². The van der Waals surface area contributed by atoms with Crippen LogP contribution in [0.2, 0.25) is 0 Å². The van der Waals surface area contributed by atoms with Gasteiger partial charge >= 0.3 is 0 Å². The van der Waals surface area contributed by atoms with Crippen molar-refractivity contribution in [1.82, 2.24) is 10.3 Å². The molecular formula is C15H20N2O3. The third-order valence-electron chi connectivity index (χ3n) is 3.40. The fourth-order valence-corrected chi connectivity index (χ4v) is 2.19. The molecule has 20 heavy (non-hydrogen) atoms. The van der Waals surface area contributed by atoms with Gasteiger partial charge in [0.15, 0.2) is 6.29 Å². The first-order valence-electron chi connectivity index (χ1n) is 6.49. The van der Waals surface area contributed by atoms with E-state index in [9.17, 15) is 4.79 Å². The molecule has 0 radical (unpaired) electrons. The molecule has 1 amide bonds. The predicted molar refractivity (Wildman–Crippen MR) is 77.9 cm³/mol. The van der Waals surface area contributed by atoms with Crippen molar-refractivity contribution in [3.8, 4) is 0 Å². The van der Waals surface area contributed by atoms with Crippen LogP contribution >= 0.6 is 0 Å². The molecule has 2 aromatic rings. The van der Waals surface area contributed by atoms with E-state index in [1.165, 1.54) is 19.8 Å². The van der Waals surface area contributed by atoms with Gasteiger partial charge in [0.25, 0.3) is 5.91 Å². The first-order chi connectivity index (χ1) is 9.56. The largest absolute Gasteiger partial charge is 0.354 e. The van der Waals surface area contributed by atoms with E-state index in [4.69, 9.17) is 9.47 Å². The summed E-state index contributed by atoms with van der Waals surface area (Å²) in [5, 5.41) is 3.87. The number of benzene rings is 1. The minimum Gasteiger partial charge on any atom is -0.354 e. The zero-order valence-corrected chi connectivity index (χ0v) is 12.2. The summed E-state index contributed by atoms with van der Waals surface area (Å²) in [5.41, 5.74) is 3.67. The average Bonchev–Trinajstić information content (AvgIpc) is 2.77. The Hall–Kier alpha value is -1.85. The Bertz CT molecular complexity index is 615. The Morgan fingerprint density at radius 3 is 2.65 bits per heavy atom. The molecular weight excluding hydrogens is 256 g/mol. The van der Waals surface area contributed by atoms with Crippen LogP contribution < -0.4 is 5.32 Å². The highest BCUT2D eigenvalue weighted by atomic mass is 16.7. The molecule has 5 heteroatoms. The van der Waals surface area contributed by atoms with E-state index in [-0.39, 0.29) is 5.91 Å². The van der Waals surface area contributed by atoms with Crippen LogP contribution in [-0.4, -0.2) is 37.9 Å². The molecule has 2 N–H and O–H groups in total. The zero-order chi connectivity index (χ0) is 14.7. The first-order valence-corrected chi connectivity index (χ1v) is 6.49. The third-order valence-corrected chi connectivity index (χ3v) is 3.40. The van der Waals surface area contributed by atoms with Crippen LogP contribution in [0, 0.1) is 13.8 Å². The van der Waals surface area contributed by atoms with Gasteiger partial charge in [-0.25, -0.2) is 0 Å². The van der Waals surface area contributed by atoms with Crippen LogP contribution in [0.4, 0.5) is 0 Å². The number of rotatable bonds is 5. The van der Waals surface area contributed by atoms with E-state index in [1.54, 1.807) is 0 Å². The van der Waals surface area contributed by atoms with Crippen LogP contribution in [-0.2, 0) is 9.47 Å². The summed E-state index contributed by atoms with van der Waals surface area (Å²) in [6.45, 7) is 4.28. The Morgan fingerprint density at radius 2 is 2.00 bits per heavy atom. The van der Waals surface area contributed by atoms with E-state index < -0.39 is 6.29 Å². The number of hydrogen-bond donors (Lipinski definition) is 2. The second-order valence-electron chi connectivity index (χ2n) is 4.79. The Labute approximate surface area is 118 Å². The third kappa shape index (κ3) is 2.84. The van der Waals surface area contributed by atoms with Crippen LogP contribution in [0.5, 0.6) is 0 Å². The molecule has 1 aromatic carbocycles. The molecule has 0 aliphatic heterocycles. The van der Waals surface area contributed by atoms with Gasteiger partial charge in [0.2, 0.25) is 0 Å². The summed E-state index contributed by atoms with van der Waals surface area (Å²) in [5.74, 6) is -0.157. The van der Waals surface area contributed by atoms with Crippen molar-refractivity contribution >= 4 is 16.8 Å². The summed E-state index contributed by atoms with van der Waals surface area (Å²) < 4.78 is 10.1. The van der Waals surface area contributed by atoms with E-state index >= 15 is 0 Å². The molecule has 0 aliphatic carbocycles. The Kier molecular flexibility index (Phi) is 4.42. The second kappa shape index (κ2) is 6.07. The van der Waals surface area contributed by atoms with Gasteiger partial charge in [0, 0.05) is 25.1 Å². The standard InChI is InChI=1S/C15H20N2O3/c1-9-5-6-12-11(7-9)10(2)14(17-12)15(18)16-8-13(19-3)20-4/h5-7,13,17H,8H2,1-4H3,(H,16,18). The minimum absolute atomic E-state index is 0.157. The lowest BCUT2D eigenvalue weighted by Gasteiger charge is -2.13. The number of aromatic amines is 1. The molecule has 0 atom stereocenters. The summed E-state index contributed by atoms with van der Waals surface area (Å²) in [7, 11) is 3.08. The maximum atomic E-state index is 12.2. The van der Waals surface area contributed by atoms with Gasteiger partial charge < -0.3 is 19.8 Å². The van der Waals surface area contributed by atoms with Gasteiger partial charge in [-0.2, -0.15) is 0 Å². The first kappa shape index (κ1) is 14.6. The van der Waals surface area contributed by atoms with E-state index in [2.05, 4.69) is 16.4 Å². The van der Waals surface area contributed by atoms with E-state index in [0.29, 0.717) is 12.2 Å². The van der Waals surface area contributed by atoms with Crippen molar-refractivity contribution in [1.29, 1.82) is 0 Å². The molecule has 0 saturated heterocycles. The van der Waals surface area contributed by atoms with Gasteiger partial charge in [0.1, 0.15) is 5.69 Å². The van der Waals surface area contributed by atoms with Crippen LogP contribution in [0.25, 0.3) is 10.9 Å². The van der Waals surface area contributed by atoms with Crippen molar-refractivity contribution in [2.24, 2.45) is 0 Å². The van der Waals surface area contributed by atoms with Crippen LogP contribution in [0.1, 0.15) is 21.6 Å². The fourth-order valence-electron chi connectivity index (χ4n) is 2.19.